The zero-order valence-electron chi connectivity index (χ0n) is 10.5. The summed E-state index contributed by atoms with van der Waals surface area (Å²) in [7, 11) is 0. The Balaban J connectivity index is 2.10. The molecule has 0 aliphatic rings. The van der Waals surface area contributed by atoms with Gasteiger partial charge < -0.3 is 5.32 Å². The number of hydrogen-bond acceptors (Lipinski definition) is 4. The molecule has 0 saturated heterocycles. The van der Waals surface area contributed by atoms with E-state index in [2.05, 4.69) is 47.6 Å². The Bertz CT molecular complexity index is 525. The van der Waals surface area contributed by atoms with Crippen LogP contribution in [0, 0.1) is 6.92 Å². The van der Waals surface area contributed by atoms with Crippen molar-refractivity contribution in [2.75, 3.05) is 5.32 Å². The van der Waals surface area contributed by atoms with Gasteiger partial charge in [-0.3, -0.25) is 0 Å². The molecule has 18 heavy (non-hydrogen) atoms. The fraction of sp³-hybridized carbons (Fsp3) is 0.385. The summed E-state index contributed by atoms with van der Waals surface area (Å²) in [5, 5.41) is 13.4. The lowest BCUT2D eigenvalue weighted by atomic mass is 10.1. The van der Waals surface area contributed by atoms with E-state index in [1.807, 2.05) is 0 Å². The lowest BCUT2D eigenvalue weighted by Crippen LogP contribution is -2.03. The second kappa shape index (κ2) is 6.16. The topological polar surface area (TPSA) is 37.8 Å². The molecule has 96 valence electrons. The van der Waals surface area contributed by atoms with Gasteiger partial charge in [0.05, 0.1) is 12.4 Å². The number of nitrogens with zero attached hydrogens (tertiary/aromatic N) is 2. The maximum absolute atomic E-state index is 5.72. The number of halogens is 1. The molecule has 0 bridgehead atoms. The number of aromatic nitrogens is 2. The molecule has 5 heteroatoms. The van der Waals surface area contributed by atoms with Crippen LogP contribution in [0.15, 0.2) is 18.2 Å². The average Bonchev–Trinajstić information content (AvgIpc) is 2.85. The minimum Gasteiger partial charge on any atom is -0.378 e. The minimum atomic E-state index is 0.433. The summed E-state index contributed by atoms with van der Waals surface area (Å²) in [6.45, 7) is 4.98. The van der Waals surface area contributed by atoms with Crippen LogP contribution in [0.4, 0.5) is 5.69 Å². The summed E-state index contributed by atoms with van der Waals surface area (Å²) in [5.41, 5.74) is 3.80. The van der Waals surface area contributed by atoms with Crippen LogP contribution in [0.5, 0.6) is 0 Å². The van der Waals surface area contributed by atoms with Gasteiger partial charge in [0.15, 0.2) is 0 Å². The van der Waals surface area contributed by atoms with Gasteiger partial charge >= 0.3 is 0 Å². The smallest absolute Gasteiger partial charge is 0.136 e. The summed E-state index contributed by atoms with van der Waals surface area (Å²) < 4.78 is 0. The molecule has 0 fully saturated rings. The predicted octanol–water partition coefficient (Wildman–Crippen LogP) is 3.76. The quantitative estimate of drug-likeness (QED) is 0.848. The molecule has 1 aromatic heterocycles. The summed E-state index contributed by atoms with van der Waals surface area (Å²) in [6, 6.07) is 6.36. The molecule has 1 N–H and O–H groups in total. The van der Waals surface area contributed by atoms with Crippen LogP contribution in [-0.2, 0) is 18.8 Å². The van der Waals surface area contributed by atoms with Crippen molar-refractivity contribution in [3.05, 3.63) is 39.3 Å². The monoisotopic (exact) mass is 281 g/mol. The van der Waals surface area contributed by atoms with Crippen LogP contribution in [0.1, 0.15) is 28.1 Å². The first kappa shape index (κ1) is 13.3. The van der Waals surface area contributed by atoms with E-state index in [0.29, 0.717) is 12.4 Å². The molecule has 1 heterocycles. The number of para-hydroxylation sites is 1. The molecule has 0 aliphatic carbocycles. The molecule has 1 aromatic carbocycles. The van der Waals surface area contributed by atoms with E-state index in [1.54, 1.807) is 11.3 Å². The number of nitrogens with one attached hydrogen (secondary N) is 1. The molecule has 0 radical (unpaired) electrons. The molecule has 0 spiro atoms. The number of hydrogen-bond donors (Lipinski definition) is 1. The van der Waals surface area contributed by atoms with E-state index in [-0.39, 0.29) is 0 Å². The van der Waals surface area contributed by atoms with Gasteiger partial charge in [0, 0.05) is 5.69 Å². The molecule has 0 atom stereocenters. The van der Waals surface area contributed by atoms with E-state index < -0.39 is 0 Å². The van der Waals surface area contributed by atoms with Crippen LogP contribution in [0.2, 0.25) is 0 Å². The normalized spacial score (nSPS) is 10.6. The van der Waals surface area contributed by atoms with E-state index in [9.17, 15) is 0 Å². The van der Waals surface area contributed by atoms with Crippen molar-refractivity contribution in [1.29, 1.82) is 0 Å². The molecule has 0 aliphatic heterocycles. The third-order valence-electron chi connectivity index (χ3n) is 2.78. The third-order valence-corrected chi connectivity index (χ3v) is 4.11. The van der Waals surface area contributed by atoms with Crippen molar-refractivity contribution in [2.24, 2.45) is 0 Å². The number of anilines is 1. The second-order valence-corrected chi connectivity index (χ2v) is 5.45. The standard InChI is InChI=1S/C13H16ClN3S/c1-3-10-6-4-5-9(2)13(10)15-8-12-17-16-11(7-14)18-12/h4-6,15H,3,7-8H2,1-2H3. The largest absolute Gasteiger partial charge is 0.378 e. The highest BCUT2D eigenvalue weighted by atomic mass is 35.5. The first-order valence-electron chi connectivity index (χ1n) is 5.94. The fourth-order valence-corrected chi connectivity index (χ4v) is 2.71. The van der Waals surface area contributed by atoms with Crippen molar-refractivity contribution in [3.8, 4) is 0 Å². The van der Waals surface area contributed by atoms with Gasteiger partial charge in [-0.1, -0.05) is 36.5 Å². The van der Waals surface area contributed by atoms with E-state index in [0.717, 1.165) is 16.4 Å². The number of aryl methyl sites for hydroxylation is 2. The number of benzene rings is 1. The summed E-state index contributed by atoms with van der Waals surface area (Å²) >= 11 is 7.27. The van der Waals surface area contributed by atoms with E-state index in [4.69, 9.17) is 11.6 Å². The van der Waals surface area contributed by atoms with Crippen molar-refractivity contribution in [1.82, 2.24) is 10.2 Å². The van der Waals surface area contributed by atoms with Crippen LogP contribution < -0.4 is 5.32 Å². The van der Waals surface area contributed by atoms with E-state index >= 15 is 0 Å². The van der Waals surface area contributed by atoms with Gasteiger partial charge in [-0.15, -0.1) is 21.8 Å². The maximum atomic E-state index is 5.72. The van der Waals surface area contributed by atoms with Gasteiger partial charge in [0.2, 0.25) is 0 Å². The highest BCUT2D eigenvalue weighted by Crippen LogP contribution is 2.22. The highest BCUT2D eigenvalue weighted by Gasteiger charge is 2.06. The van der Waals surface area contributed by atoms with Crippen LogP contribution in [-0.4, -0.2) is 10.2 Å². The van der Waals surface area contributed by atoms with Gasteiger partial charge in [-0.2, -0.15) is 0 Å². The summed E-state index contributed by atoms with van der Waals surface area (Å²) in [4.78, 5) is 0. The molecule has 0 unspecified atom stereocenters. The van der Waals surface area contributed by atoms with Gasteiger partial charge in [-0.05, 0) is 24.5 Å². The Morgan fingerprint density at radius 1 is 1.28 bits per heavy atom. The summed E-state index contributed by atoms with van der Waals surface area (Å²) in [5.74, 6) is 0.433. The lowest BCUT2D eigenvalue weighted by molar-refractivity contribution is 0.961. The zero-order valence-corrected chi connectivity index (χ0v) is 12.1. The first-order valence-corrected chi connectivity index (χ1v) is 7.29. The Morgan fingerprint density at radius 2 is 2.06 bits per heavy atom. The minimum absolute atomic E-state index is 0.433. The molecule has 0 amide bonds. The molecule has 3 nitrogen and oxygen atoms in total. The van der Waals surface area contributed by atoms with Gasteiger partial charge in [0.1, 0.15) is 10.0 Å². The highest BCUT2D eigenvalue weighted by molar-refractivity contribution is 7.11. The van der Waals surface area contributed by atoms with Crippen molar-refractivity contribution < 1.29 is 0 Å². The molecular weight excluding hydrogens is 266 g/mol. The first-order chi connectivity index (χ1) is 8.74. The van der Waals surface area contributed by atoms with Crippen LogP contribution >= 0.6 is 22.9 Å². The molecule has 0 saturated carbocycles. The Hall–Kier alpha value is -1.13. The Morgan fingerprint density at radius 3 is 2.72 bits per heavy atom. The van der Waals surface area contributed by atoms with Crippen molar-refractivity contribution >= 4 is 28.6 Å². The lowest BCUT2D eigenvalue weighted by Gasteiger charge is -2.12. The zero-order chi connectivity index (χ0) is 13.0. The van der Waals surface area contributed by atoms with Crippen molar-refractivity contribution in [3.63, 3.8) is 0 Å². The van der Waals surface area contributed by atoms with Gasteiger partial charge in [-0.25, -0.2) is 0 Å². The van der Waals surface area contributed by atoms with Crippen LogP contribution in [0.25, 0.3) is 0 Å². The average molecular weight is 282 g/mol. The predicted molar refractivity (Wildman–Crippen MR) is 77.3 cm³/mol. The maximum Gasteiger partial charge on any atom is 0.136 e. The molecule has 2 rings (SSSR count). The Labute approximate surface area is 116 Å². The van der Waals surface area contributed by atoms with Crippen molar-refractivity contribution in [2.45, 2.75) is 32.7 Å². The van der Waals surface area contributed by atoms with Gasteiger partial charge in [0.25, 0.3) is 0 Å². The summed E-state index contributed by atoms with van der Waals surface area (Å²) in [6.07, 6.45) is 1.02. The SMILES string of the molecule is CCc1cccc(C)c1NCc1nnc(CCl)s1. The molecule has 2 aromatic rings. The second-order valence-electron chi connectivity index (χ2n) is 4.04. The number of alkyl halides is 1. The van der Waals surface area contributed by atoms with Crippen LogP contribution in [0.3, 0.4) is 0 Å². The Kier molecular flexibility index (Phi) is 4.55. The third kappa shape index (κ3) is 3.00. The number of rotatable bonds is 5. The van der Waals surface area contributed by atoms with E-state index in [1.165, 1.54) is 16.8 Å². The molecular formula is C13H16ClN3S. The fourth-order valence-electron chi connectivity index (χ4n) is 1.85.